The van der Waals surface area contributed by atoms with Gasteiger partial charge in [0, 0.05) is 11.1 Å². The highest BCUT2D eigenvalue weighted by Crippen LogP contribution is 2.25. The van der Waals surface area contributed by atoms with Crippen molar-refractivity contribution in [1.29, 1.82) is 0 Å². The maximum absolute atomic E-state index is 12.1. The molecule has 0 fully saturated rings. The summed E-state index contributed by atoms with van der Waals surface area (Å²) in [5.74, 6) is -0.321. The standard InChI is InChI=1S/C15H17NO2.C2H6.H3N/c1-15(2,3)18-14(17)12-8-4-7-11-10(12)6-5-9-13(11)16;1-2;/h4-9H,16H2,1-3H3;1-2H3;1H3. The van der Waals surface area contributed by atoms with Crippen molar-refractivity contribution in [2.75, 3.05) is 5.73 Å². The van der Waals surface area contributed by atoms with Gasteiger partial charge in [-0.25, -0.2) is 4.79 Å². The Kier molecular flexibility index (Phi) is 6.89. The van der Waals surface area contributed by atoms with Gasteiger partial charge in [-0.1, -0.05) is 38.1 Å². The van der Waals surface area contributed by atoms with Crippen molar-refractivity contribution < 1.29 is 9.53 Å². The van der Waals surface area contributed by atoms with Crippen molar-refractivity contribution in [3.63, 3.8) is 0 Å². The van der Waals surface area contributed by atoms with E-state index in [1.54, 1.807) is 6.07 Å². The molecule has 2 rings (SSSR count). The molecule has 0 saturated heterocycles. The third-order valence-electron chi connectivity index (χ3n) is 2.57. The first-order valence-corrected chi connectivity index (χ1v) is 6.89. The zero-order valence-electron chi connectivity index (χ0n) is 13.6. The van der Waals surface area contributed by atoms with Gasteiger partial charge in [0.2, 0.25) is 0 Å². The van der Waals surface area contributed by atoms with E-state index in [2.05, 4.69) is 0 Å². The van der Waals surface area contributed by atoms with Gasteiger partial charge in [-0.3, -0.25) is 0 Å². The smallest absolute Gasteiger partial charge is 0.339 e. The van der Waals surface area contributed by atoms with Crippen LogP contribution in [0.25, 0.3) is 10.8 Å². The molecular weight excluding hydrogens is 264 g/mol. The second kappa shape index (κ2) is 7.64. The van der Waals surface area contributed by atoms with Gasteiger partial charge in [0.1, 0.15) is 5.60 Å². The number of anilines is 1. The van der Waals surface area contributed by atoms with Gasteiger partial charge in [-0.05, 0) is 38.3 Å². The molecule has 0 saturated carbocycles. The number of rotatable bonds is 1. The average Bonchev–Trinajstić information content (AvgIpc) is 2.39. The first kappa shape index (κ1) is 18.9. The summed E-state index contributed by atoms with van der Waals surface area (Å²) in [5.41, 5.74) is 6.62. The van der Waals surface area contributed by atoms with E-state index in [1.807, 2.05) is 65.0 Å². The number of ether oxygens (including phenoxy) is 1. The summed E-state index contributed by atoms with van der Waals surface area (Å²) < 4.78 is 5.39. The maximum atomic E-state index is 12.1. The number of hydrogen-bond acceptors (Lipinski definition) is 4. The van der Waals surface area contributed by atoms with E-state index in [1.165, 1.54) is 0 Å². The fourth-order valence-corrected chi connectivity index (χ4v) is 1.85. The van der Waals surface area contributed by atoms with Crippen LogP contribution in [0.1, 0.15) is 45.0 Å². The molecule has 0 bridgehead atoms. The Morgan fingerprint density at radius 2 is 1.52 bits per heavy atom. The monoisotopic (exact) mass is 290 g/mol. The zero-order chi connectivity index (χ0) is 15.3. The average molecular weight is 290 g/mol. The minimum atomic E-state index is -0.500. The van der Waals surface area contributed by atoms with Gasteiger partial charge < -0.3 is 16.6 Å². The Morgan fingerprint density at radius 3 is 2.10 bits per heavy atom. The zero-order valence-corrected chi connectivity index (χ0v) is 13.6. The van der Waals surface area contributed by atoms with Crippen molar-refractivity contribution in [1.82, 2.24) is 6.15 Å². The normalized spacial score (nSPS) is 10.1. The quantitative estimate of drug-likeness (QED) is 0.595. The van der Waals surface area contributed by atoms with Gasteiger partial charge in [-0.2, -0.15) is 0 Å². The molecule has 0 aliphatic rings. The Labute approximate surface area is 126 Å². The molecule has 4 nitrogen and oxygen atoms in total. The molecule has 0 spiro atoms. The van der Waals surface area contributed by atoms with E-state index in [9.17, 15) is 4.79 Å². The van der Waals surface area contributed by atoms with Crippen LogP contribution in [0.2, 0.25) is 0 Å². The predicted octanol–water partition coefficient (Wildman–Crippen LogP) is 4.57. The molecule has 0 aliphatic carbocycles. The van der Waals surface area contributed by atoms with Crippen molar-refractivity contribution in [2.24, 2.45) is 0 Å². The van der Waals surface area contributed by atoms with Crippen LogP contribution in [0.5, 0.6) is 0 Å². The largest absolute Gasteiger partial charge is 0.456 e. The summed E-state index contributed by atoms with van der Waals surface area (Å²) >= 11 is 0. The summed E-state index contributed by atoms with van der Waals surface area (Å²) in [7, 11) is 0. The maximum Gasteiger partial charge on any atom is 0.339 e. The van der Waals surface area contributed by atoms with Crippen LogP contribution in [0, 0.1) is 0 Å². The topological polar surface area (TPSA) is 87.3 Å². The Hall–Kier alpha value is -2.07. The summed E-state index contributed by atoms with van der Waals surface area (Å²) in [6.45, 7) is 9.55. The molecule has 0 heterocycles. The van der Waals surface area contributed by atoms with Gasteiger partial charge in [0.05, 0.1) is 5.56 Å². The third-order valence-corrected chi connectivity index (χ3v) is 2.57. The number of nitrogens with two attached hydrogens (primary N) is 1. The summed E-state index contributed by atoms with van der Waals surface area (Å²) in [6, 6.07) is 11.0. The lowest BCUT2D eigenvalue weighted by Gasteiger charge is -2.20. The number of fused-ring (bicyclic) bond motifs is 1. The summed E-state index contributed by atoms with van der Waals surface area (Å²) in [4.78, 5) is 12.1. The second-order valence-electron chi connectivity index (χ2n) is 5.25. The SMILES string of the molecule is CC.CC(C)(C)OC(=O)c1cccc2c(N)cccc12.N. The summed E-state index contributed by atoms with van der Waals surface area (Å²) in [6.07, 6.45) is 0. The lowest BCUT2D eigenvalue weighted by atomic mass is 10.0. The molecule has 116 valence electrons. The Morgan fingerprint density at radius 1 is 1.00 bits per heavy atom. The van der Waals surface area contributed by atoms with Crippen LogP contribution in [0.15, 0.2) is 36.4 Å². The lowest BCUT2D eigenvalue weighted by Crippen LogP contribution is -2.24. The molecule has 0 aliphatic heterocycles. The molecule has 21 heavy (non-hydrogen) atoms. The van der Waals surface area contributed by atoms with Crippen molar-refractivity contribution >= 4 is 22.4 Å². The molecule has 0 unspecified atom stereocenters. The first-order valence-electron chi connectivity index (χ1n) is 6.89. The molecule has 5 N–H and O–H groups in total. The number of carbonyl (C=O) groups is 1. The fraction of sp³-hybridized carbons (Fsp3) is 0.353. The van der Waals surface area contributed by atoms with Crippen molar-refractivity contribution in [3.05, 3.63) is 42.0 Å². The van der Waals surface area contributed by atoms with E-state index in [4.69, 9.17) is 10.5 Å². The van der Waals surface area contributed by atoms with Gasteiger partial charge in [-0.15, -0.1) is 0 Å². The van der Waals surface area contributed by atoms with E-state index < -0.39 is 5.60 Å². The molecular formula is C17H26N2O2. The highest BCUT2D eigenvalue weighted by Gasteiger charge is 2.19. The summed E-state index contributed by atoms with van der Waals surface area (Å²) in [5, 5.41) is 1.70. The minimum absolute atomic E-state index is 0. The van der Waals surface area contributed by atoms with E-state index in [0.717, 1.165) is 10.8 Å². The number of carbonyl (C=O) groups excluding carboxylic acids is 1. The van der Waals surface area contributed by atoms with Crippen LogP contribution in [-0.4, -0.2) is 11.6 Å². The number of esters is 1. The van der Waals surface area contributed by atoms with Crippen molar-refractivity contribution in [3.8, 4) is 0 Å². The fourth-order valence-electron chi connectivity index (χ4n) is 1.85. The minimum Gasteiger partial charge on any atom is -0.456 e. The van der Waals surface area contributed by atoms with E-state index in [-0.39, 0.29) is 12.1 Å². The molecule has 0 atom stereocenters. The third kappa shape index (κ3) is 4.76. The van der Waals surface area contributed by atoms with Crippen LogP contribution in [0.4, 0.5) is 5.69 Å². The van der Waals surface area contributed by atoms with Gasteiger partial charge in [0.25, 0.3) is 0 Å². The van der Waals surface area contributed by atoms with Crippen LogP contribution in [0.3, 0.4) is 0 Å². The number of hydrogen-bond donors (Lipinski definition) is 2. The van der Waals surface area contributed by atoms with Crippen LogP contribution >= 0.6 is 0 Å². The van der Waals surface area contributed by atoms with Crippen LogP contribution in [-0.2, 0) is 4.74 Å². The predicted molar refractivity (Wildman–Crippen MR) is 89.9 cm³/mol. The molecule has 0 amide bonds. The second-order valence-corrected chi connectivity index (χ2v) is 5.25. The number of nitrogen functional groups attached to an aromatic ring is 1. The van der Waals surface area contributed by atoms with E-state index >= 15 is 0 Å². The molecule has 2 aromatic carbocycles. The Bertz CT molecular complexity index is 601. The van der Waals surface area contributed by atoms with E-state index in [0.29, 0.717) is 11.3 Å². The lowest BCUT2D eigenvalue weighted by molar-refractivity contribution is 0.00719. The molecule has 0 radical (unpaired) electrons. The molecule has 4 heteroatoms. The van der Waals surface area contributed by atoms with Gasteiger partial charge >= 0.3 is 5.97 Å². The first-order chi connectivity index (χ1) is 9.38. The molecule has 0 aromatic heterocycles. The van der Waals surface area contributed by atoms with Crippen LogP contribution < -0.4 is 11.9 Å². The highest BCUT2D eigenvalue weighted by atomic mass is 16.6. The Balaban J connectivity index is 0.00000128. The molecule has 2 aromatic rings. The van der Waals surface area contributed by atoms with Crippen molar-refractivity contribution in [2.45, 2.75) is 40.2 Å². The van der Waals surface area contributed by atoms with Gasteiger partial charge in [0.15, 0.2) is 0 Å². The highest BCUT2D eigenvalue weighted by molar-refractivity contribution is 6.07. The number of benzene rings is 2.